The number of carbonyl (C=O) groups excluding carboxylic acids is 1. The normalized spacial score (nSPS) is 17.8. The van der Waals surface area contributed by atoms with Crippen LogP contribution in [0.25, 0.3) is 0 Å². The standard InChI is InChI=1S/C23H17Br2N3O5/c24-16-8-13(20-15(10-26)23(27)33-19-6-2-5-18(29)21(19)20)9-17(25)22(16)32-11-12-3-1-4-14(7-12)28(30)31/h1,3-4,7-9,20H,2,5-6,11,27H2/t20-/m1/s1. The zero-order chi connectivity index (χ0) is 23.7. The molecule has 0 amide bonds. The summed E-state index contributed by atoms with van der Waals surface area (Å²) in [6.07, 6.45) is 1.66. The van der Waals surface area contributed by atoms with Crippen LogP contribution in [0.2, 0.25) is 0 Å². The van der Waals surface area contributed by atoms with E-state index in [9.17, 15) is 20.2 Å². The van der Waals surface area contributed by atoms with E-state index < -0.39 is 10.8 Å². The Bertz CT molecular complexity index is 1260. The molecule has 168 valence electrons. The van der Waals surface area contributed by atoms with Gasteiger partial charge in [-0.05, 0) is 61.5 Å². The van der Waals surface area contributed by atoms with Crippen LogP contribution in [0.1, 0.15) is 36.3 Å². The average molecular weight is 575 g/mol. The number of hydrogen-bond donors (Lipinski definition) is 1. The second kappa shape index (κ2) is 9.37. The summed E-state index contributed by atoms with van der Waals surface area (Å²) in [5.41, 5.74) is 7.98. The first kappa shape index (κ1) is 23.0. The third-order valence-electron chi connectivity index (χ3n) is 5.46. The highest BCUT2D eigenvalue weighted by Crippen LogP contribution is 2.46. The monoisotopic (exact) mass is 573 g/mol. The van der Waals surface area contributed by atoms with Gasteiger partial charge in [0.25, 0.3) is 5.69 Å². The predicted molar refractivity (Wildman–Crippen MR) is 126 cm³/mol. The highest BCUT2D eigenvalue weighted by molar-refractivity contribution is 9.11. The van der Waals surface area contributed by atoms with E-state index in [1.807, 2.05) is 0 Å². The Hall–Kier alpha value is -3.16. The first-order valence-electron chi connectivity index (χ1n) is 9.99. The maximum atomic E-state index is 12.7. The molecule has 0 aromatic heterocycles. The minimum atomic E-state index is -0.634. The number of rotatable bonds is 5. The van der Waals surface area contributed by atoms with Crippen LogP contribution in [-0.2, 0) is 16.1 Å². The molecule has 0 unspecified atom stereocenters. The van der Waals surface area contributed by atoms with E-state index in [1.54, 1.807) is 24.3 Å². The Balaban J connectivity index is 1.67. The Labute approximate surface area is 206 Å². The van der Waals surface area contributed by atoms with Crippen LogP contribution >= 0.6 is 31.9 Å². The van der Waals surface area contributed by atoms with Gasteiger partial charge in [-0.3, -0.25) is 14.9 Å². The van der Waals surface area contributed by atoms with E-state index in [4.69, 9.17) is 15.2 Å². The Kier molecular flexibility index (Phi) is 6.54. The lowest BCUT2D eigenvalue weighted by Gasteiger charge is -2.31. The molecular weight excluding hydrogens is 558 g/mol. The van der Waals surface area contributed by atoms with Crippen molar-refractivity contribution in [2.24, 2.45) is 5.73 Å². The average Bonchev–Trinajstić information content (AvgIpc) is 2.77. The van der Waals surface area contributed by atoms with Crippen LogP contribution in [0.5, 0.6) is 5.75 Å². The van der Waals surface area contributed by atoms with Gasteiger partial charge in [-0.1, -0.05) is 12.1 Å². The molecule has 1 atom stereocenters. The Morgan fingerprint density at radius 2 is 1.97 bits per heavy atom. The smallest absolute Gasteiger partial charge is 0.269 e. The highest BCUT2D eigenvalue weighted by atomic mass is 79.9. The summed E-state index contributed by atoms with van der Waals surface area (Å²) >= 11 is 7.02. The third kappa shape index (κ3) is 4.51. The summed E-state index contributed by atoms with van der Waals surface area (Å²) in [5, 5.41) is 20.7. The van der Waals surface area contributed by atoms with Crippen molar-refractivity contribution in [1.82, 2.24) is 0 Å². The lowest BCUT2D eigenvalue weighted by molar-refractivity contribution is -0.384. The number of ketones is 1. The van der Waals surface area contributed by atoms with Crippen LogP contribution < -0.4 is 10.5 Å². The van der Waals surface area contributed by atoms with E-state index >= 15 is 0 Å². The molecule has 1 aliphatic carbocycles. The van der Waals surface area contributed by atoms with Gasteiger partial charge in [-0.15, -0.1) is 0 Å². The van der Waals surface area contributed by atoms with Gasteiger partial charge in [0.2, 0.25) is 5.88 Å². The van der Waals surface area contributed by atoms with Gasteiger partial charge in [-0.2, -0.15) is 5.26 Å². The number of Topliss-reactive ketones (excluding diaryl/α,β-unsaturated/α-hetero) is 1. The molecule has 0 radical (unpaired) electrons. The number of hydrogen-bond acceptors (Lipinski definition) is 7. The van der Waals surface area contributed by atoms with Gasteiger partial charge >= 0.3 is 0 Å². The van der Waals surface area contributed by atoms with Crippen LogP contribution in [0.3, 0.4) is 0 Å². The largest absolute Gasteiger partial charge is 0.487 e. The fourth-order valence-electron chi connectivity index (χ4n) is 3.99. The van der Waals surface area contributed by atoms with Crippen LogP contribution in [0.15, 0.2) is 68.1 Å². The van der Waals surface area contributed by atoms with Crippen molar-refractivity contribution in [2.45, 2.75) is 31.8 Å². The van der Waals surface area contributed by atoms with Gasteiger partial charge in [0, 0.05) is 30.5 Å². The second-order valence-electron chi connectivity index (χ2n) is 7.57. The molecule has 0 spiro atoms. The maximum absolute atomic E-state index is 12.7. The molecule has 0 saturated heterocycles. The number of nitro benzene ring substituents is 1. The molecule has 33 heavy (non-hydrogen) atoms. The molecule has 4 rings (SSSR count). The number of carbonyl (C=O) groups is 1. The lowest BCUT2D eigenvalue weighted by atomic mass is 9.77. The van der Waals surface area contributed by atoms with Gasteiger partial charge < -0.3 is 15.2 Å². The van der Waals surface area contributed by atoms with Gasteiger partial charge in [0.1, 0.15) is 29.8 Å². The van der Waals surface area contributed by atoms with Crippen LogP contribution in [-0.4, -0.2) is 10.7 Å². The first-order valence-corrected chi connectivity index (χ1v) is 11.6. The molecule has 2 aromatic carbocycles. The number of benzene rings is 2. The zero-order valence-electron chi connectivity index (χ0n) is 17.1. The molecule has 0 saturated carbocycles. The zero-order valence-corrected chi connectivity index (χ0v) is 20.3. The van der Waals surface area contributed by atoms with Gasteiger partial charge in [0.05, 0.1) is 19.8 Å². The Morgan fingerprint density at radius 1 is 1.24 bits per heavy atom. The number of ether oxygens (including phenoxy) is 2. The van der Waals surface area contributed by atoms with Crippen LogP contribution in [0, 0.1) is 21.4 Å². The van der Waals surface area contributed by atoms with Crippen molar-refractivity contribution in [2.75, 3.05) is 0 Å². The van der Waals surface area contributed by atoms with Gasteiger partial charge in [-0.25, -0.2) is 0 Å². The van der Waals surface area contributed by atoms with Crippen molar-refractivity contribution >= 4 is 43.3 Å². The summed E-state index contributed by atoms with van der Waals surface area (Å²) < 4.78 is 12.7. The van der Waals surface area contributed by atoms with Crippen molar-refractivity contribution < 1.29 is 19.2 Å². The highest BCUT2D eigenvalue weighted by Gasteiger charge is 2.38. The molecule has 8 nitrogen and oxygen atoms in total. The molecule has 0 bridgehead atoms. The SMILES string of the molecule is N#CC1=C(N)OC2=C(C(=O)CCC2)[C@@H]1c1cc(Br)c(OCc2cccc([N+](=O)[O-])c2)c(Br)c1. The number of nitriles is 1. The van der Waals surface area contributed by atoms with E-state index in [1.165, 1.54) is 12.1 Å². The molecule has 2 aliphatic rings. The van der Waals surface area contributed by atoms with E-state index in [-0.39, 0.29) is 29.5 Å². The van der Waals surface area contributed by atoms with Crippen molar-refractivity contribution in [3.63, 3.8) is 0 Å². The minimum absolute atomic E-state index is 0.00851. The van der Waals surface area contributed by atoms with E-state index in [0.29, 0.717) is 56.4 Å². The summed E-state index contributed by atoms with van der Waals surface area (Å²) in [7, 11) is 0. The quantitative estimate of drug-likeness (QED) is 0.368. The summed E-state index contributed by atoms with van der Waals surface area (Å²) in [6, 6.07) is 11.9. The van der Waals surface area contributed by atoms with Crippen molar-refractivity contribution in [3.05, 3.63) is 89.4 Å². The van der Waals surface area contributed by atoms with Crippen molar-refractivity contribution in [3.8, 4) is 11.8 Å². The number of allylic oxidation sites excluding steroid dienone is 3. The van der Waals surface area contributed by atoms with E-state index in [0.717, 1.165) is 0 Å². The topological polar surface area (TPSA) is 128 Å². The number of nitrogens with zero attached hydrogens (tertiary/aromatic N) is 2. The fourth-order valence-corrected chi connectivity index (χ4v) is 5.44. The number of nitro groups is 1. The second-order valence-corrected chi connectivity index (χ2v) is 9.28. The third-order valence-corrected chi connectivity index (χ3v) is 6.64. The van der Waals surface area contributed by atoms with Crippen molar-refractivity contribution in [1.29, 1.82) is 5.26 Å². The minimum Gasteiger partial charge on any atom is -0.487 e. The van der Waals surface area contributed by atoms with E-state index in [2.05, 4.69) is 37.9 Å². The summed E-state index contributed by atoms with van der Waals surface area (Å²) in [5.74, 6) is 0.321. The lowest BCUT2D eigenvalue weighted by Crippen LogP contribution is -2.27. The fraction of sp³-hybridized carbons (Fsp3) is 0.217. The molecule has 1 heterocycles. The maximum Gasteiger partial charge on any atom is 0.269 e. The first-order chi connectivity index (χ1) is 15.8. The molecule has 1 aliphatic heterocycles. The molecule has 10 heteroatoms. The number of non-ortho nitro benzene ring substituents is 1. The predicted octanol–water partition coefficient (Wildman–Crippen LogP) is 5.51. The number of halogens is 2. The molecule has 2 N–H and O–H groups in total. The molecule has 0 fully saturated rings. The summed E-state index contributed by atoms with van der Waals surface area (Å²) in [6.45, 7) is 0.111. The van der Waals surface area contributed by atoms with Crippen LogP contribution in [0.4, 0.5) is 5.69 Å². The molecule has 2 aromatic rings. The Morgan fingerprint density at radius 3 is 2.64 bits per heavy atom. The van der Waals surface area contributed by atoms with Gasteiger partial charge in [0.15, 0.2) is 5.78 Å². The summed E-state index contributed by atoms with van der Waals surface area (Å²) in [4.78, 5) is 23.3. The molecular formula is C23H17Br2N3O5. The number of nitrogens with two attached hydrogens (primary N) is 1.